The minimum Gasteiger partial charge on any atom is -0.434 e. The lowest BCUT2D eigenvalue weighted by atomic mass is 9.92. The summed E-state index contributed by atoms with van der Waals surface area (Å²) in [6.45, 7) is 1.38. The van der Waals surface area contributed by atoms with Gasteiger partial charge in [-0.1, -0.05) is 26.0 Å². The Bertz CT molecular complexity index is 489. The number of para-hydroxylation sites is 1. The van der Waals surface area contributed by atoms with Gasteiger partial charge in [-0.25, -0.2) is 0 Å². The normalized spacial score (nSPS) is 20.9. The maximum Gasteiger partial charge on any atom is 0.387 e. The van der Waals surface area contributed by atoms with E-state index in [0.29, 0.717) is 0 Å². The molecule has 2 rings (SSSR count). The second-order valence-electron chi connectivity index (χ2n) is 5.95. The molecule has 1 aromatic rings. The molecular weight excluding hydrogens is 264 g/mol. The fourth-order valence-electron chi connectivity index (χ4n) is 2.68. The number of amides is 1. The molecule has 1 saturated carbocycles. The molecule has 1 aliphatic rings. The molecule has 0 bridgehead atoms. The molecule has 1 atom stereocenters. The Morgan fingerprint density at radius 1 is 1.40 bits per heavy atom. The SMILES string of the molecule is CC1(C)CCC(NC(=O)c2ccccc2OC(F)F)C1. The Morgan fingerprint density at radius 3 is 2.70 bits per heavy atom. The average Bonchev–Trinajstić information content (AvgIpc) is 2.68. The number of alkyl halides is 2. The van der Waals surface area contributed by atoms with Crippen molar-refractivity contribution in [2.75, 3.05) is 0 Å². The van der Waals surface area contributed by atoms with Crippen LogP contribution in [0.4, 0.5) is 8.78 Å². The van der Waals surface area contributed by atoms with E-state index in [1.807, 2.05) is 0 Å². The number of ether oxygens (including phenoxy) is 1. The summed E-state index contributed by atoms with van der Waals surface area (Å²) >= 11 is 0. The standard InChI is InChI=1S/C15H19F2NO2/c1-15(2)8-7-10(9-15)18-13(19)11-5-3-4-6-12(11)20-14(16)17/h3-6,10,14H,7-9H2,1-2H3,(H,18,19). The summed E-state index contributed by atoms with van der Waals surface area (Å²) in [5, 5.41) is 2.90. The number of carbonyl (C=O) groups excluding carboxylic acids is 1. The molecule has 0 heterocycles. The minimum absolute atomic E-state index is 0.0859. The van der Waals surface area contributed by atoms with Crippen molar-refractivity contribution in [2.24, 2.45) is 5.41 Å². The number of nitrogens with one attached hydrogen (secondary N) is 1. The Labute approximate surface area is 117 Å². The van der Waals surface area contributed by atoms with E-state index < -0.39 is 6.61 Å². The number of hydrogen-bond acceptors (Lipinski definition) is 2. The molecule has 1 N–H and O–H groups in total. The van der Waals surface area contributed by atoms with Crippen molar-refractivity contribution in [2.45, 2.75) is 45.8 Å². The van der Waals surface area contributed by atoms with Gasteiger partial charge in [-0.05, 0) is 36.8 Å². The largest absolute Gasteiger partial charge is 0.434 e. The summed E-state index contributed by atoms with van der Waals surface area (Å²) in [4.78, 5) is 12.2. The molecule has 1 aromatic carbocycles. The number of hydrogen-bond donors (Lipinski definition) is 1. The fourth-order valence-corrected chi connectivity index (χ4v) is 2.68. The van der Waals surface area contributed by atoms with Gasteiger partial charge in [0.1, 0.15) is 5.75 Å². The van der Waals surface area contributed by atoms with Gasteiger partial charge in [0, 0.05) is 6.04 Å². The summed E-state index contributed by atoms with van der Waals surface area (Å²) < 4.78 is 29.0. The van der Waals surface area contributed by atoms with Crippen molar-refractivity contribution in [3.63, 3.8) is 0 Å². The van der Waals surface area contributed by atoms with Crippen LogP contribution in [0.25, 0.3) is 0 Å². The van der Waals surface area contributed by atoms with Crippen LogP contribution >= 0.6 is 0 Å². The van der Waals surface area contributed by atoms with Gasteiger partial charge < -0.3 is 10.1 Å². The number of benzene rings is 1. The third kappa shape index (κ3) is 3.68. The highest BCUT2D eigenvalue weighted by Crippen LogP contribution is 2.37. The second-order valence-corrected chi connectivity index (χ2v) is 5.95. The highest BCUT2D eigenvalue weighted by atomic mass is 19.3. The summed E-state index contributed by atoms with van der Waals surface area (Å²) in [6.07, 6.45) is 2.86. The lowest BCUT2D eigenvalue weighted by Gasteiger charge is -2.18. The van der Waals surface area contributed by atoms with E-state index in [1.165, 1.54) is 12.1 Å². The predicted molar refractivity (Wildman–Crippen MR) is 72.0 cm³/mol. The second kappa shape index (κ2) is 5.77. The molecule has 0 aromatic heterocycles. The molecule has 0 saturated heterocycles. The maximum atomic E-state index is 12.3. The van der Waals surface area contributed by atoms with E-state index in [-0.39, 0.29) is 28.7 Å². The first kappa shape index (κ1) is 14.8. The zero-order valence-corrected chi connectivity index (χ0v) is 11.7. The Morgan fingerprint density at radius 2 is 2.10 bits per heavy atom. The van der Waals surface area contributed by atoms with E-state index in [0.717, 1.165) is 19.3 Å². The first-order chi connectivity index (χ1) is 9.37. The molecule has 3 nitrogen and oxygen atoms in total. The van der Waals surface area contributed by atoms with E-state index >= 15 is 0 Å². The quantitative estimate of drug-likeness (QED) is 0.917. The van der Waals surface area contributed by atoms with E-state index in [9.17, 15) is 13.6 Å². The predicted octanol–water partition coefficient (Wildman–Crippen LogP) is 3.60. The van der Waals surface area contributed by atoms with Crippen molar-refractivity contribution < 1.29 is 18.3 Å². The van der Waals surface area contributed by atoms with Crippen LogP contribution in [0.5, 0.6) is 5.75 Å². The summed E-state index contributed by atoms with van der Waals surface area (Å²) in [5.74, 6) is -0.443. The van der Waals surface area contributed by atoms with Crippen LogP contribution in [0.1, 0.15) is 43.5 Å². The van der Waals surface area contributed by atoms with Gasteiger partial charge >= 0.3 is 6.61 Å². The van der Waals surface area contributed by atoms with Gasteiger partial charge in [-0.15, -0.1) is 0 Å². The van der Waals surface area contributed by atoms with Gasteiger partial charge in [0.15, 0.2) is 0 Å². The number of rotatable bonds is 4. The third-order valence-electron chi connectivity index (χ3n) is 3.65. The molecule has 1 fully saturated rings. The lowest BCUT2D eigenvalue weighted by Crippen LogP contribution is -2.33. The summed E-state index contributed by atoms with van der Waals surface area (Å²) in [6, 6.07) is 6.16. The molecule has 1 aliphatic carbocycles. The zero-order chi connectivity index (χ0) is 14.8. The topological polar surface area (TPSA) is 38.3 Å². The van der Waals surface area contributed by atoms with Crippen molar-refractivity contribution in [1.29, 1.82) is 0 Å². The maximum absolute atomic E-state index is 12.3. The third-order valence-corrected chi connectivity index (χ3v) is 3.65. The Hall–Kier alpha value is -1.65. The molecule has 0 spiro atoms. The van der Waals surface area contributed by atoms with E-state index in [1.54, 1.807) is 12.1 Å². The summed E-state index contributed by atoms with van der Waals surface area (Å²) in [5.41, 5.74) is 0.370. The fraction of sp³-hybridized carbons (Fsp3) is 0.533. The molecule has 1 amide bonds. The van der Waals surface area contributed by atoms with Gasteiger partial charge in [0.25, 0.3) is 5.91 Å². The number of carbonyl (C=O) groups is 1. The van der Waals surface area contributed by atoms with Crippen LogP contribution in [0, 0.1) is 5.41 Å². The van der Waals surface area contributed by atoms with Crippen molar-refractivity contribution in [3.05, 3.63) is 29.8 Å². The zero-order valence-electron chi connectivity index (χ0n) is 11.7. The lowest BCUT2D eigenvalue weighted by molar-refractivity contribution is -0.0501. The average molecular weight is 283 g/mol. The Balaban J connectivity index is 2.06. The van der Waals surface area contributed by atoms with Crippen molar-refractivity contribution >= 4 is 5.91 Å². The Kier molecular flexibility index (Phi) is 4.26. The van der Waals surface area contributed by atoms with Crippen LogP contribution in [0.3, 0.4) is 0 Å². The molecule has 5 heteroatoms. The van der Waals surface area contributed by atoms with Gasteiger partial charge in [0.05, 0.1) is 5.56 Å². The van der Waals surface area contributed by atoms with E-state index in [2.05, 4.69) is 23.9 Å². The van der Waals surface area contributed by atoms with Crippen LogP contribution in [-0.4, -0.2) is 18.6 Å². The molecular formula is C15H19F2NO2. The van der Waals surface area contributed by atoms with Gasteiger partial charge in [-0.3, -0.25) is 4.79 Å². The smallest absolute Gasteiger partial charge is 0.387 e. The first-order valence-corrected chi connectivity index (χ1v) is 6.72. The van der Waals surface area contributed by atoms with Crippen LogP contribution in [0.15, 0.2) is 24.3 Å². The van der Waals surface area contributed by atoms with Crippen LogP contribution in [0.2, 0.25) is 0 Å². The molecule has 1 unspecified atom stereocenters. The van der Waals surface area contributed by atoms with Crippen molar-refractivity contribution in [3.8, 4) is 5.75 Å². The van der Waals surface area contributed by atoms with Crippen molar-refractivity contribution in [1.82, 2.24) is 5.32 Å². The van der Waals surface area contributed by atoms with Gasteiger partial charge in [0.2, 0.25) is 0 Å². The highest BCUT2D eigenvalue weighted by Gasteiger charge is 2.32. The minimum atomic E-state index is -2.94. The highest BCUT2D eigenvalue weighted by molar-refractivity contribution is 5.97. The molecule has 110 valence electrons. The van der Waals surface area contributed by atoms with E-state index in [4.69, 9.17) is 0 Å². The monoisotopic (exact) mass is 283 g/mol. The molecule has 0 radical (unpaired) electrons. The molecule has 0 aliphatic heterocycles. The van der Waals surface area contributed by atoms with Crippen LogP contribution < -0.4 is 10.1 Å². The van der Waals surface area contributed by atoms with Crippen LogP contribution in [-0.2, 0) is 0 Å². The summed E-state index contributed by atoms with van der Waals surface area (Å²) in [7, 11) is 0. The van der Waals surface area contributed by atoms with Gasteiger partial charge in [-0.2, -0.15) is 8.78 Å². The number of halogens is 2. The molecule has 20 heavy (non-hydrogen) atoms. The first-order valence-electron chi connectivity index (χ1n) is 6.72.